The second-order valence-corrected chi connectivity index (χ2v) is 7.59. The minimum absolute atomic E-state index is 0.116. The van der Waals surface area contributed by atoms with Gasteiger partial charge < -0.3 is 5.32 Å². The van der Waals surface area contributed by atoms with Crippen molar-refractivity contribution in [2.24, 2.45) is 5.92 Å². The lowest BCUT2D eigenvalue weighted by atomic mass is 10.1. The van der Waals surface area contributed by atoms with Gasteiger partial charge in [-0.3, -0.25) is 4.79 Å². The zero-order chi connectivity index (χ0) is 20.5. The predicted octanol–water partition coefficient (Wildman–Crippen LogP) is 5.61. The maximum atomic E-state index is 14.0. The van der Waals surface area contributed by atoms with E-state index in [1.165, 1.54) is 0 Å². The van der Waals surface area contributed by atoms with Crippen LogP contribution in [0.4, 0.5) is 23.4 Å². The molecule has 0 atom stereocenters. The van der Waals surface area contributed by atoms with Crippen molar-refractivity contribution < 1.29 is 22.4 Å². The molecule has 1 aromatic carbocycles. The zero-order valence-corrected chi connectivity index (χ0v) is 15.8. The minimum Gasteiger partial charge on any atom is -0.307 e. The molecule has 2 aromatic rings. The highest BCUT2D eigenvalue weighted by molar-refractivity contribution is 6.04. The van der Waals surface area contributed by atoms with E-state index in [-0.39, 0.29) is 5.92 Å². The van der Waals surface area contributed by atoms with Gasteiger partial charge in [0.15, 0.2) is 0 Å². The van der Waals surface area contributed by atoms with Gasteiger partial charge in [-0.25, -0.2) is 9.07 Å². The Morgan fingerprint density at radius 3 is 2.54 bits per heavy atom. The molecule has 4 nitrogen and oxygen atoms in total. The summed E-state index contributed by atoms with van der Waals surface area (Å²) >= 11 is 0. The van der Waals surface area contributed by atoms with Gasteiger partial charge in [-0.05, 0) is 42.9 Å². The quantitative estimate of drug-likeness (QED) is 0.667. The van der Waals surface area contributed by atoms with Crippen molar-refractivity contribution in [3.8, 4) is 0 Å². The van der Waals surface area contributed by atoms with Crippen LogP contribution in [0.3, 0.4) is 0 Å². The summed E-state index contributed by atoms with van der Waals surface area (Å²) in [6, 6.07) is 3.51. The fourth-order valence-electron chi connectivity index (χ4n) is 3.46. The zero-order valence-electron chi connectivity index (χ0n) is 15.8. The second-order valence-electron chi connectivity index (χ2n) is 7.59. The average molecular weight is 397 g/mol. The van der Waals surface area contributed by atoms with Crippen molar-refractivity contribution in [3.63, 3.8) is 0 Å². The summed E-state index contributed by atoms with van der Waals surface area (Å²) in [5.74, 6) is -0.994. The Morgan fingerprint density at radius 1 is 1.25 bits per heavy atom. The van der Waals surface area contributed by atoms with E-state index in [2.05, 4.69) is 10.4 Å². The minimum atomic E-state index is -4.65. The van der Waals surface area contributed by atoms with E-state index in [0.717, 1.165) is 31.4 Å². The summed E-state index contributed by atoms with van der Waals surface area (Å²) in [5.41, 5.74) is -0.950. The monoisotopic (exact) mass is 397 g/mol. The first-order chi connectivity index (χ1) is 13.1. The number of nitrogens with zero attached hydrogens (tertiary/aromatic N) is 2. The molecule has 0 radical (unpaired) electrons. The lowest BCUT2D eigenvalue weighted by Gasteiger charge is -2.14. The second kappa shape index (κ2) is 7.93. The van der Waals surface area contributed by atoms with Crippen molar-refractivity contribution in [1.82, 2.24) is 9.78 Å². The molecule has 0 saturated heterocycles. The molecule has 0 bridgehead atoms. The van der Waals surface area contributed by atoms with E-state index in [1.54, 1.807) is 10.7 Å². The van der Waals surface area contributed by atoms with Gasteiger partial charge in [0.1, 0.15) is 11.6 Å². The molecule has 28 heavy (non-hydrogen) atoms. The number of carbonyl (C=O) groups is 1. The van der Waals surface area contributed by atoms with Gasteiger partial charge in [0.2, 0.25) is 0 Å². The molecule has 152 valence electrons. The molecular weight excluding hydrogens is 374 g/mol. The molecule has 1 N–H and O–H groups in total. The molecular formula is C20H23F4N3O. The maximum Gasteiger partial charge on any atom is 0.416 e. The van der Waals surface area contributed by atoms with Gasteiger partial charge in [0.25, 0.3) is 5.91 Å². The van der Waals surface area contributed by atoms with Crippen LogP contribution in [0.1, 0.15) is 67.1 Å². The Bertz CT molecular complexity index is 852. The van der Waals surface area contributed by atoms with E-state index in [1.807, 2.05) is 13.8 Å². The summed E-state index contributed by atoms with van der Waals surface area (Å²) < 4.78 is 54.4. The standard InChI is InChI=1S/C20H23F4N3O/c1-12(2)17-10-18(27(26-17)11-13-5-3-4-6-13)25-19(28)15-9-14(20(22,23)24)7-8-16(15)21/h7-10,12-13H,3-6,11H2,1-2H3,(H,25,28). The normalized spacial score (nSPS) is 15.4. The van der Waals surface area contributed by atoms with Gasteiger partial charge in [-0.15, -0.1) is 0 Å². The Hall–Kier alpha value is -2.38. The SMILES string of the molecule is CC(C)c1cc(NC(=O)c2cc(C(F)(F)F)ccc2F)n(CC2CCCC2)n1. The van der Waals surface area contributed by atoms with Crippen LogP contribution in [-0.2, 0) is 12.7 Å². The molecule has 0 aliphatic heterocycles. The number of hydrogen-bond acceptors (Lipinski definition) is 2. The van der Waals surface area contributed by atoms with E-state index >= 15 is 0 Å². The van der Waals surface area contributed by atoms with Gasteiger partial charge >= 0.3 is 6.18 Å². The number of amides is 1. The number of rotatable bonds is 5. The summed E-state index contributed by atoms with van der Waals surface area (Å²) in [4.78, 5) is 12.5. The summed E-state index contributed by atoms with van der Waals surface area (Å²) in [6.07, 6.45) is -0.197. The lowest BCUT2D eigenvalue weighted by Crippen LogP contribution is -2.19. The number of aromatic nitrogens is 2. The van der Waals surface area contributed by atoms with Crippen molar-refractivity contribution in [1.29, 1.82) is 0 Å². The number of benzene rings is 1. The first-order valence-electron chi connectivity index (χ1n) is 9.41. The molecule has 8 heteroatoms. The Balaban J connectivity index is 1.87. The average Bonchev–Trinajstić information content (AvgIpc) is 3.25. The third-order valence-electron chi connectivity index (χ3n) is 5.08. The van der Waals surface area contributed by atoms with E-state index < -0.39 is 29.0 Å². The van der Waals surface area contributed by atoms with Crippen LogP contribution in [0.15, 0.2) is 24.3 Å². The fraction of sp³-hybridized carbons (Fsp3) is 0.500. The van der Waals surface area contributed by atoms with E-state index in [9.17, 15) is 22.4 Å². The van der Waals surface area contributed by atoms with Crippen molar-refractivity contribution in [2.45, 2.75) is 58.2 Å². The maximum absolute atomic E-state index is 14.0. The van der Waals surface area contributed by atoms with Gasteiger partial charge in [0, 0.05) is 12.6 Å². The molecule has 1 aliphatic rings. The van der Waals surface area contributed by atoms with Crippen LogP contribution in [0, 0.1) is 11.7 Å². The van der Waals surface area contributed by atoms with Crippen LogP contribution in [0.2, 0.25) is 0 Å². The smallest absolute Gasteiger partial charge is 0.307 e. The number of hydrogen-bond donors (Lipinski definition) is 1. The van der Waals surface area contributed by atoms with Crippen molar-refractivity contribution in [2.75, 3.05) is 5.32 Å². The third-order valence-corrected chi connectivity index (χ3v) is 5.08. The summed E-state index contributed by atoms with van der Waals surface area (Å²) in [6.45, 7) is 4.54. The van der Waals surface area contributed by atoms with E-state index in [0.29, 0.717) is 36.5 Å². The highest BCUT2D eigenvalue weighted by Crippen LogP contribution is 2.31. The van der Waals surface area contributed by atoms with Gasteiger partial charge in [-0.1, -0.05) is 26.7 Å². The topological polar surface area (TPSA) is 46.9 Å². The summed E-state index contributed by atoms with van der Waals surface area (Å²) in [5, 5.41) is 7.08. The molecule has 1 fully saturated rings. The molecule has 1 aromatic heterocycles. The Morgan fingerprint density at radius 2 is 1.93 bits per heavy atom. The third kappa shape index (κ3) is 4.54. The number of alkyl halides is 3. The molecule has 0 unspecified atom stereocenters. The Kier molecular flexibility index (Phi) is 5.76. The largest absolute Gasteiger partial charge is 0.416 e. The Labute approximate surface area is 160 Å². The first-order valence-corrected chi connectivity index (χ1v) is 9.41. The lowest BCUT2D eigenvalue weighted by molar-refractivity contribution is -0.137. The number of anilines is 1. The van der Waals surface area contributed by atoms with Crippen LogP contribution < -0.4 is 5.32 Å². The molecule has 1 saturated carbocycles. The number of halogens is 4. The summed E-state index contributed by atoms with van der Waals surface area (Å²) in [7, 11) is 0. The molecule has 0 spiro atoms. The molecule has 3 rings (SSSR count). The van der Waals surface area contributed by atoms with Gasteiger partial charge in [0.05, 0.1) is 16.8 Å². The molecule has 1 aliphatic carbocycles. The van der Waals surface area contributed by atoms with Crippen LogP contribution in [-0.4, -0.2) is 15.7 Å². The predicted molar refractivity (Wildman–Crippen MR) is 97.6 cm³/mol. The van der Waals surface area contributed by atoms with Crippen molar-refractivity contribution in [3.05, 3.63) is 46.9 Å². The number of carbonyl (C=O) groups excluding carboxylic acids is 1. The van der Waals surface area contributed by atoms with Crippen LogP contribution in [0.5, 0.6) is 0 Å². The van der Waals surface area contributed by atoms with E-state index in [4.69, 9.17) is 0 Å². The van der Waals surface area contributed by atoms with Crippen molar-refractivity contribution >= 4 is 11.7 Å². The van der Waals surface area contributed by atoms with Crippen LogP contribution in [0.25, 0.3) is 0 Å². The number of nitrogens with one attached hydrogen (secondary N) is 1. The highest BCUT2D eigenvalue weighted by Gasteiger charge is 2.32. The first kappa shape index (κ1) is 20.4. The highest BCUT2D eigenvalue weighted by atomic mass is 19.4. The molecule has 1 amide bonds. The van der Waals surface area contributed by atoms with Gasteiger partial charge in [-0.2, -0.15) is 18.3 Å². The fourth-order valence-corrected chi connectivity index (χ4v) is 3.46. The molecule has 1 heterocycles. The van der Waals surface area contributed by atoms with Crippen LogP contribution >= 0.6 is 0 Å².